The van der Waals surface area contributed by atoms with Gasteiger partial charge in [0.2, 0.25) is 10.0 Å². The molecule has 0 saturated carbocycles. The van der Waals surface area contributed by atoms with Crippen LogP contribution in [0.15, 0.2) is 53.4 Å². The minimum absolute atomic E-state index is 0.102. The van der Waals surface area contributed by atoms with Gasteiger partial charge in [-0.05, 0) is 42.7 Å². The maximum absolute atomic E-state index is 12.6. The van der Waals surface area contributed by atoms with Crippen molar-refractivity contribution in [3.05, 3.63) is 65.2 Å². The molecule has 0 atom stereocenters. The van der Waals surface area contributed by atoms with Crippen LogP contribution in [-0.2, 0) is 25.9 Å². The Bertz CT molecular complexity index is 993. The molecule has 0 amide bonds. The highest BCUT2D eigenvalue weighted by molar-refractivity contribution is 7.89. The molecule has 1 saturated heterocycles. The Morgan fingerprint density at radius 2 is 1.58 bits per heavy atom. The van der Waals surface area contributed by atoms with Crippen molar-refractivity contribution in [2.75, 3.05) is 32.9 Å². The first-order valence-electron chi connectivity index (χ1n) is 10.4. The first-order valence-corrected chi connectivity index (χ1v) is 11.8. The highest BCUT2D eigenvalue weighted by atomic mass is 32.2. The van der Waals surface area contributed by atoms with Gasteiger partial charge in [0.1, 0.15) is 0 Å². The molecule has 1 aliphatic heterocycles. The Morgan fingerprint density at radius 3 is 2.19 bits per heavy atom. The van der Waals surface area contributed by atoms with Crippen LogP contribution in [0.3, 0.4) is 0 Å². The number of esters is 1. The first kappa shape index (κ1) is 23.1. The standard InChI is InChI=1S/C23H27NO6S/c1-2-3-4-18-5-7-19(8-6-18)22(25)17-30-23(26)20-9-11-21(12-10-20)31(27,28)24-13-15-29-16-14-24/h5-12H,2-4,13-17H2,1H3. The van der Waals surface area contributed by atoms with Crippen LogP contribution in [0, 0.1) is 0 Å². The summed E-state index contributed by atoms with van der Waals surface area (Å²) in [7, 11) is -3.63. The van der Waals surface area contributed by atoms with Gasteiger partial charge in [-0.1, -0.05) is 37.6 Å². The second-order valence-corrected chi connectivity index (χ2v) is 9.28. The average Bonchev–Trinajstić information content (AvgIpc) is 2.82. The summed E-state index contributed by atoms with van der Waals surface area (Å²) < 4.78 is 36.9. The fourth-order valence-electron chi connectivity index (χ4n) is 3.23. The number of hydrogen-bond acceptors (Lipinski definition) is 6. The largest absolute Gasteiger partial charge is 0.454 e. The SMILES string of the molecule is CCCCc1ccc(C(=O)COC(=O)c2ccc(S(=O)(=O)N3CCOCC3)cc2)cc1. The van der Waals surface area contributed by atoms with Crippen LogP contribution in [-0.4, -0.2) is 57.4 Å². The molecule has 1 aliphatic rings. The highest BCUT2D eigenvalue weighted by Gasteiger charge is 2.26. The third-order valence-corrected chi connectivity index (χ3v) is 7.04. The lowest BCUT2D eigenvalue weighted by atomic mass is 10.0. The molecule has 0 unspecified atom stereocenters. The van der Waals surface area contributed by atoms with Crippen LogP contribution in [0.4, 0.5) is 0 Å². The molecule has 1 heterocycles. The van der Waals surface area contributed by atoms with E-state index in [0.29, 0.717) is 31.9 Å². The highest BCUT2D eigenvalue weighted by Crippen LogP contribution is 2.18. The molecular formula is C23H27NO6S. The van der Waals surface area contributed by atoms with Gasteiger partial charge in [-0.2, -0.15) is 4.31 Å². The van der Waals surface area contributed by atoms with Crippen molar-refractivity contribution in [2.24, 2.45) is 0 Å². The van der Waals surface area contributed by atoms with Crippen molar-refractivity contribution in [1.29, 1.82) is 0 Å². The number of carbonyl (C=O) groups excluding carboxylic acids is 2. The molecule has 2 aromatic rings. The van der Waals surface area contributed by atoms with Crippen molar-refractivity contribution in [2.45, 2.75) is 31.1 Å². The van der Waals surface area contributed by atoms with Crippen LogP contribution in [0.25, 0.3) is 0 Å². The van der Waals surface area contributed by atoms with Crippen molar-refractivity contribution >= 4 is 21.8 Å². The Balaban J connectivity index is 1.56. The molecule has 7 nitrogen and oxygen atoms in total. The molecule has 0 spiro atoms. The van der Waals surface area contributed by atoms with Gasteiger partial charge in [0.15, 0.2) is 12.4 Å². The molecular weight excluding hydrogens is 418 g/mol. The van der Waals surface area contributed by atoms with E-state index < -0.39 is 16.0 Å². The molecule has 2 aromatic carbocycles. The summed E-state index contributed by atoms with van der Waals surface area (Å²) in [5.74, 6) is -0.967. The minimum atomic E-state index is -3.63. The number of morpholine rings is 1. The Morgan fingerprint density at radius 1 is 0.968 bits per heavy atom. The number of nitrogens with zero attached hydrogens (tertiary/aromatic N) is 1. The number of hydrogen-bond donors (Lipinski definition) is 0. The second-order valence-electron chi connectivity index (χ2n) is 7.34. The van der Waals surface area contributed by atoms with Crippen LogP contribution in [0.1, 0.15) is 46.0 Å². The van der Waals surface area contributed by atoms with Gasteiger partial charge in [-0.15, -0.1) is 0 Å². The lowest BCUT2D eigenvalue weighted by Crippen LogP contribution is -2.40. The van der Waals surface area contributed by atoms with Gasteiger partial charge in [0.25, 0.3) is 0 Å². The van der Waals surface area contributed by atoms with Crippen LogP contribution in [0.2, 0.25) is 0 Å². The topological polar surface area (TPSA) is 90.0 Å². The number of ether oxygens (including phenoxy) is 2. The van der Waals surface area contributed by atoms with Crippen molar-refractivity contribution in [3.63, 3.8) is 0 Å². The van der Waals surface area contributed by atoms with Gasteiger partial charge >= 0.3 is 5.97 Å². The lowest BCUT2D eigenvalue weighted by Gasteiger charge is -2.26. The van der Waals surface area contributed by atoms with Crippen LogP contribution >= 0.6 is 0 Å². The van der Waals surface area contributed by atoms with Crippen molar-refractivity contribution in [1.82, 2.24) is 4.31 Å². The number of carbonyl (C=O) groups is 2. The zero-order valence-electron chi connectivity index (χ0n) is 17.6. The van der Waals surface area contributed by atoms with Gasteiger partial charge in [0.05, 0.1) is 23.7 Å². The summed E-state index contributed by atoms with van der Waals surface area (Å²) >= 11 is 0. The number of aryl methyl sites for hydroxylation is 1. The average molecular weight is 446 g/mol. The Labute approximate surface area is 183 Å². The predicted octanol–water partition coefficient (Wildman–Crippen LogP) is 3.09. The van der Waals surface area contributed by atoms with E-state index in [0.717, 1.165) is 19.3 Å². The normalized spacial score (nSPS) is 14.9. The molecule has 8 heteroatoms. The summed E-state index contributed by atoms with van der Waals surface area (Å²) in [6.45, 7) is 3.07. The molecule has 31 heavy (non-hydrogen) atoms. The van der Waals surface area contributed by atoms with E-state index in [9.17, 15) is 18.0 Å². The van der Waals surface area contributed by atoms with Gasteiger partial charge in [-0.25, -0.2) is 13.2 Å². The zero-order chi connectivity index (χ0) is 22.3. The van der Waals surface area contributed by atoms with Crippen LogP contribution in [0.5, 0.6) is 0 Å². The second kappa shape index (κ2) is 10.7. The molecule has 3 rings (SSSR count). The van der Waals surface area contributed by atoms with E-state index in [1.165, 1.54) is 34.1 Å². The number of rotatable bonds is 9. The number of sulfonamides is 1. The minimum Gasteiger partial charge on any atom is -0.454 e. The van der Waals surface area contributed by atoms with E-state index in [2.05, 4.69) is 6.92 Å². The van der Waals surface area contributed by atoms with Gasteiger partial charge in [-0.3, -0.25) is 4.79 Å². The monoisotopic (exact) mass is 445 g/mol. The van der Waals surface area contributed by atoms with E-state index >= 15 is 0 Å². The quantitative estimate of drug-likeness (QED) is 0.435. The molecule has 0 aromatic heterocycles. The third kappa shape index (κ3) is 6.00. The fraction of sp³-hybridized carbons (Fsp3) is 0.391. The fourth-order valence-corrected chi connectivity index (χ4v) is 4.64. The van der Waals surface area contributed by atoms with Crippen molar-refractivity contribution < 1.29 is 27.5 Å². The summed E-state index contributed by atoms with van der Waals surface area (Å²) in [6, 6.07) is 12.8. The predicted molar refractivity (Wildman–Crippen MR) is 116 cm³/mol. The van der Waals surface area contributed by atoms with E-state index in [4.69, 9.17) is 9.47 Å². The number of Topliss-reactive ketones (excluding diaryl/α,β-unsaturated/α-hetero) is 1. The zero-order valence-corrected chi connectivity index (χ0v) is 18.4. The molecule has 166 valence electrons. The summed E-state index contributed by atoms with van der Waals surface area (Å²) in [6.07, 6.45) is 3.17. The molecule has 0 bridgehead atoms. The van der Waals surface area contributed by atoms with Crippen LogP contribution < -0.4 is 0 Å². The maximum atomic E-state index is 12.6. The number of unbranched alkanes of at least 4 members (excludes halogenated alkanes) is 1. The smallest absolute Gasteiger partial charge is 0.338 e. The van der Waals surface area contributed by atoms with Gasteiger partial charge in [0, 0.05) is 18.7 Å². The Kier molecular flexibility index (Phi) is 7.95. The number of ketones is 1. The van der Waals surface area contributed by atoms with E-state index in [1.807, 2.05) is 12.1 Å². The summed E-state index contributed by atoms with van der Waals surface area (Å²) in [5.41, 5.74) is 1.84. The first-order chi connectivity index (χ1) is 14.9. The van der Waals surface area contributed by atoms with E-state index in [1.54, 1.807) is 12.1 Å². The Hall–Kier alpha value is -2.55. The maximum Gasteiger partial charge on any atom is 0.338 e. The van der Waals surface area contributed by atoms with Crippen molar-refractivity contribution in [3.8, 4) is 0 Å². The molecule has 0 radical (unpaired) electrons. The summed E-state index contributed by atoms with van der Waals surface area (Å²) in [5, 5.41) is 0. The molecule has 0 aliphatic carbocycles. The third-order valence-electron chi connectivity index (χ3n) is 5.13. The summed E-state index contributed by atoms with van der Waals surface area (Å²) in [4.78, 5) is 24.7. The number of benzene rings is 2. The molecule has 0 N–H and O–H groups in total. The van der Waals surface area contributed by atoms with E-state index in [-0.39, 0.29) is 22.8 Å². The molecule has 1 fully saturated rings. The van der Waals surface area contributed by atoms with Gasteiger partial charge < -0.3 is 9.47 Å². The lowest BCUT2D eigenvalue weighted by molar-refractivity contribution is 0.0474.